The van der Waals surface area contributed by atoms with Crippen molar-refractivity contribution in [2.75, 3.05) is 7.11 Å². The second kappa shape index (κ2) is 4.76. The Hall–Kier alpha value is -2.30. The van der Waals surface area contributed by atoms with Crippen LogP contribution >= 0.6 is 0 Å². The van der Waals surface area contributed by atoms with Gasteiger partial charge in [-0.2, -0.15) is 0 Å². The molecule has 0 saturated heterocycles. The summed E-state index contributed by atoms with van der Waals surface area (Å²) >= 11 is 0. The first-order valence-electron chi connectivity index (χ1n) is 6.18. The SMILES string of the molecule is COc1cccc(-c2ncc3c(n2)CCCC3=O)n1. The van der Waals surface area contributed by atoms with Crippen LogP contribution in [0.2, 0.25) is 0 Å². The zero-order valence-electron chi connectivity index (χ0n) is 10.6. The maximum atomic E-state index is 11.7. The van der Waals surface area contributed by atoms with Crippen molar-refractivity contribution in [3.63, 3.8) is 0 Å². The van der Waals surface area contributed by atoms with Crippen molar-refractivity contribution in [3.8, 4) is 17.4 Å². The molecular weight excluding hydrogens is 242 g/mol. The monoisotopic (exact) mass is 255 g/mol. The molecule has 0 amide bonds. The third kappa shape index (κ3) is 2.19. The molecule has 0 spiro atoms. The van der Waals surface area contributed by atoms with Gasteiger partial charge < -0.3 is 4.74 Å². The molecule has 5 heteroatoms. The second-order valence-electron chi connectivity index (χ2n) is 4.40. The number of carbonyl (C=O) groups excluding carboxylic acids is 1. The molecule has 0 radical (unpaired) electrons. The van der Waals surface area contributed by atoms with Crippen LogP contribution in [0, 0.1) is 0 Å². The Morgan fingerprint density at radius 3 is 2.95 bits per heavy atom. The van der Waals surface area contributed by atoms with E-state index in [0.717, 1.165) is 18.5 Å². The second-order valence-corrected chi connectivity index (χ2v) is 4.40. The lowest BCUT2D eigenvalue weighted by molar-refractivity contribution is 0.0971. The minimum atomic E-state index is 0.131. The molecule has 1 aliphatic rings. The lowest BCUT2D eigenvalue weighted by Gasteiger charge is -2.13. The molecule has 2 heterocycles. The molecule has 5 nitrogen and oxygen atoms in total. The summed E-state index contributed by atoms with van der Waals surface area (Å²) in [7, 11) is 1.57. The predicted molar refractivity (Wildman–Crippen MR) is 69.1 cm³/mol. The Morgan fingerprint density at radius 2 is 2.11 bits per heavy atom. The van der Waals surface area contributed by atoms with Crippen molar-refractivity contribution in [1.29, 1.82) is 0 Å². The minimum absolute atomic E-state index is 0.131. The molecule has 0 unspecified atom stereocenters. The van der Waals surface area contributed by atoms with Gasteiger partial charge in [0.25, 0.3) is 0 Å². The van der Waals surface area contributed by atoms with E-state index in [0.29, 0.717) is 29.4 Å². The van der Waals surface area contributed by atoms with Crippen LogP contribution in [-0.4, -0.2) is 27.8 Å². The van der Waals surface area contributed by atoms with Crippen molar-refractivity contribution in [2.24, 2.45) is 0 Å². The van der Waals surface area contributed by atoms with Gasteiger partial charge in [0.15, 0.2) is 11.6 Å². The number of Topliss-reactive ketones (excluding diaryl/α,β-unsaturated/α-hetero) is 1. The van der Waals surface area contributed by atoms with E-state index in [-0.39, 0.29) is 5.78 Å². The number of pyridine rings is 1. The van der Waals surface area contributed by atoms with E-state index in [1.807, 2.05) is 12.1 Å². The summed E-state index contributed by atoms with van der Waals surface area (Å²) in [6.45, 7) is 0. The number of ketones is 1. The molecule has 3 rings (SSSR count). The van der Waals surface area contributed by atoms with Crippen molar-refractivity contribution < 1.29 is 9.53 Å². The number of methoxy groups -OCH3 is 1. The first kappa shape index (κ1) is 11.8. The molecule has 0 saturated carbocycles. The van der Waals surface area contributed by atoms with E-state index < -0.39 is 0 Å². The fraction of sp³-hybridized carbons (Fsp3) is 0.286. The number of carbonyl (C=O) groups is 1. The average molecular weight is 255 g/mol. The lowest BCUT2D eigenvalue weighted by atomic mass is 9.96. The molecule has 2 aromatic heterocycles. The highest BCUT2D eigenvalue weighted by molar-refractivity contribution is 5.97. The summed E-state index contributed by atoms with van der Waals surface area (Å²) in [6, 6.07) is 5.44. The molecule has 0 N–H and O–H groups in total. The first-order chi connectivity index (χ1) is 9.28. The van der Waals surface area contributed by atoms with Gasteiger partial charge in [-0.3, -0.25) is 4.79 Å². The quantitative estimate of drug-likeness (QED) is 0.821. The summed E-state index contributed by atoms with van der Waals surface area (Å²) in [4.78, 5) is 24.7. The Labute approximate surface area is 110 Å². The Kier molecular flexibility index (Phi) is 2.95. The molecule has 19 heavy (non-hydrogen) atoms. The van der Waals surface area contributed by atoms with Crippen LogP contribution in [0.4, 0.5) is 0 Å². The van der Waals surface area contributed by atoms with Gasteiger partial charge in [0.05, 0.1) is 18.4 Å². The Morgan fingerprint density at radius 1 is 1.21 bits per heavy atom. The molecule has 0 aromatic carbocycles. The molecular formula is C14H13N3O2. The standard InChI is InChI=1S/C14H13N3O2/c1-19-13-7-3-5-11(16-13)14-15-8-9-10(17-14)4-2-6-12(9)18/h3,5,7-8H,2,4,6H2,1H3. The first-order valence-corrected chi connectivity index (χ1v) is 6.18. The fourth-order valence-electron chi connectivity index (χ4n) is 2.17. The Balaban J connectivity index is 2.04. The third-order valence-electron chi connectivity index (χ3n) is 3.15. The number of rotatable bonds is 2. The molecule has 2 aromatic rings. The number of hydrogen-bond donors (Lipinski definition) is 0. The average Bonchev–Trinajstić information content (AvgIpc) is 2.47. The summed E-state index contributed by atoms with van der Waals surface area (Å²) in [5.74, 6) is 1.19. The van der Waals surface area contributed by atoms with E-state index >= 15 is 0 Å². The van der Waals surface area contributed by atoms with E-state index in [2.05, 4.69) is 15.0 Å². The fourth-order valence-corrected chi connectivity index (χ4v) is 2.17. The van der Waals surface area contributed by atoms with Gasteiger partial charge in [-0.1, -0.05) is 6.07 Å². The van der Waals surface area contributed by atoms with Crippen LogP contribution in [0.15, 0.2) is 24.4 Å². The highest BCUT2D eigenvalue weighted by Crippen LogP contribution is 2.22. The van der Waals surface area contributed by atoms with Crippen molar-refractivity contribution >= 4 is 5.78 Å². The highest BCUT2D eigenvalue weighted by atomic mass is 16.5. The smallest absolute Gasteiger partial charge is 0.213 e. The van der Waals surface area contributed by atoms with Crippen LogP contribution in [0.5, 0.6) is 5.88 Å². The van der Waals surface area contributed by atoms with Crippen molar-refractivity contribution in [1.82, 2.24) is 15.0 Å². The van der Waals surface area contributed by atoms with E-state index in [9.17, 15) is 4.79 Å². The van der Waals surface area contributed by atoms with E-state index in [1.54, 1.807) is 19.4 Å². The minimum Gasteiger partial charge on any atom is -0.481 e. The third-order valence-corrected chi connectivity index (χ3v) is 3.15. The lowest BCUT2D eigenvalue weighted by Crippen LogP contribution is -2.14. The number of ether oxygens (including phenoxy) is 1. The van der Waals surface area contributed by atoms with Gasteiger partial charge >= 0.3 is 0 Å². The maximum Gasteiger partial charge on any atom is 0.213 e. The number of hydrogen-bond acceptors (Lipinski definition) is 5. The summed E-state index contributed by atoms with van der Waals surface area (Å²) in [6.07, 6.45) is 3.88. The van der Waals surface area contributed by atoms with Crippen LogP contribution in [-0.2, 0) is 6.42 Å². The van der Waals surface area contributed by atoms with Gasteiger partial charge in [-0.15, -0.1) is 0 Å². The van der Waals surface area contributed by atoms with Gasteiger partial charge in [0.1, 0.15) is 5.69 Å². The van der Waals surface area contributed by atoms with Crippen LogP contribution in [0.3, 0.4) is 0 Å². The molecule has 0 bridgehead atoms. The topological polar surface area (TPSA) is 65.0 Å². The van der Waals surface area contributed by atoms with Gasteiger partial charge in [-0.25, -0.2) is 15.0 Å². The predicted octanol–water partition coefficient (Wildman–Crippen LogP) is 2.07. The van der Waals surface area contributed by atoms with Gasteiger partial charge in [-0.05, 0) is 18.9 Å². The highest BCUT2D eigenvalue weighted by Gasteiger charge is 2.19. The zero-order valence-corrected chi connectivity index (χ0v) is 10.6. The molecule has 0 fully saturated rings. The largest absolute Gasteiger partial charge is 0.481 e. The van der Waals surface area contributed by atoms with Gasteiger partial charge in [0, 0.05) is 18.7 Å². The van der Waals surface area contributed by atoms with E-state index in [4.69, 9.17) is 4.74 Å². The number of aryl methyl sites for hydroxylation is 1. The number of fused-ring (bicyclic) bond motifs is 1. The molecule has 0 aliphatic heterocycles. The van der Waals surface area contributed by atoms with Crippen LogP contribution < -0.4 is 4.74 Å². The Bertz CT molecular complexity index is 640. The van der Waals surface area contributed by atoms with Crippen LogP contribution in [0.1, 0.15) is 28.9 Å². The van der Waals surface area contributed by atoms with E-state index in [1.165, 1.54) is 0 Å². The molecule has 96 valence electrons. The van der Waals surface area contributed by atoms with Gasteiger partial charge in [0.2, 0.25) is 5.88 Å². The number of aromatic nitrogens is 3. The zero-order chi connectivity index (χ0) is 13.2. The number of nitrogens with zero attached hydrogens (tertiary/aromatic N) is 3. The van der Waals surface area contributed by atoms with Crippen LogP contribution in [0.25, 0.3) is 11.5 Å². The molecule has 1 aliphatic carbocycles. The van der Waals surface area contributed by atoms with Crippen molar-refractivity contribution in [2.45, 2.75) is 19.3 Å². The summed E-state index contributed by atoms with van der Waals surface area (Å²) in [5.41, 5.74) is 2.13. The van der Waals surface area contributed by atoms with Crippen molar-refractivity contribution in [3.05, 3.63) is 35.7 Å². The molecule has 0 atom stereocenters. The summed E-state index contributed by atoms with van der Waals surface area (Å²) < 4.78 is 5.09. The normalized spacial score (nSPS) is 14.1. The summed E-state index contributed by atoms with van der Waals surface area (Å²) in [5, 5.41) is 0. The maximum absolute atomic E-state index is 11.7.